The molecule has 0 heterocycles. The number of amides is 1. The van der Waals surface area contributed by atoms with Crippen molar-refractivity contribution < 1.29 is 23.7 Å². The molecule has 0 aromatic heterocycles. The molecule has 7 nitrogen and oxygen atoms in total. The Hall–Kier alpha value is -3.78. The molecule has 0 aliphatic rings. The van der Waals surface area contributed by atoms with Gasteiger partial charge in [0, 0.05) is 10.0 Å². The summed E-state index contributed by atoms with van der Waals surface area (Å²) < 4.78 is 23.5. The molecule has 0 bridgehead atoms. The summed E-state index contributed by atoms with van der Waals surface area (Å²) in [7, 11) is 1.57. The van der Waals surface area contributed by atoms with Crippen LogP contribution in [0.1, 0.15) is 28.4 Å². The van der Waals surface area contributed by atoms with E-state index in [2.05, 4.69) is 33.0 Å². The topological polar surface area (TPSA) is 78.4 Å². The molecule has 1 amide bonds. The second-order valence-corrected chi connectivity index (χ2v) is 8.13. The zero-order valence-electron chi connectivity index (χ0n) is 19.6. The highest BCUT2D eigenvalue weighted by Crippen LogP contribution is 2.29. The van der Waals surface area contributed by atoms with Crippen LogP contribution in [0, 0.1) is 0 Å². The van der Waals surface area contributed by atoms with Gasteiger partial charge in [-0.05, 0) is 66.6 Å². The third-order valence-electron chi connectivity index (χ3n) is 4.74. The van der Waals surface area contributed by atoms with Crippen molar-refractivity contribution in [1.82, 2.24) is 5.43 Å². The lowest BCUT2D eigenvalue weighted by Gasteiger charge is -2.12. The molecule has 1 N–H and O–H groups in total. The first-order chi connectivity index (χ1) is 17.0. The zero-order chi connectivity index (χ0) is 25.0. The second-order valence-electron chi connectivity index (χ2n) is 7.22. The van der Waals surface area contributed by atoms with Crippen LogP contribution < -0.4 is 24.4 Å². The molecule has 0 saturated heterocycles. The summed E-state index contributed by atoms with van der Waals surface area (Å²) in [4.78, 5) is 12.5. The number of carbonyl (C=O) groups is 1. The Balaban J connectivity index is 1.63. The van der Waals surface area contributed by atoms with Gasteiger partial charge in [0.05, 0.1) is 19.9 Å². The monoisotopic (exact) mass is 538 g/mol. The SMILES string of the molecule is C=CCOc1ccc(C(=O)N/N=C/c2ccc(OCc3ccc(Br)cc3)c(OC)c2)cc1OCC. The summed E-state index contributed by atoms with van der Waals surface area (Å²) >= 11 is 3.42. The third-order valence-corrected chi connectivity index (χ3v) is 5.27. The number of benzene rings is 3. The lowest BCUT2D eigenvalue weighted by atomic mass is 10.2. The van der Waals surface area contributed by atoms with E-state index in [9.17, 15) is 4.79 Å². The van der Waals surface area contributed by atoms with E-state index in [4.69, 9.17) is 18.9 Å². The highest BCUT2D eigenvalue weighted by atomic mass is 79.9. The fourth-order valence-electron chi connectivity index (χ4n) is 3.04. The highest BCUT2D eigenvalue weighted by molar-refractivity contribution is 9.10. The summed E-state index contributed by atoms with van der Waals surface area (Å²) in [5, 5.41) is 4.06. The number of hydrazone groups is 1. The van der Waals surface area contributed by atoms with Crippen LogP contribution in [0.3, 0.4) is 0 Å². The zero-order valence-corrected chi connectivity index (χ0v) is 21.2. The van der Waals surface area contributed by atoms with Crippen LogP contribution in [0.5, 0.6) is 23.0 Å². The normalized spacial score (nSPS) is 10.6. The smallest absolute Gasteiger partial charge is 0.271 e. The molecule has 0 aliphatic carbocycles. The predicted octanol–water partition coefficient (Wildman–Crippen LogP) is 5.76. The van der Waals surface area contributed by atoms with Crippen molar-refractivity contribution in [2.24, 2.45) is 5.10 Å². The minimum atomic E-state index is -0.376. The van der Waals surface area contributed by atoms with E-state index in [1.165, 1.54) is 6.21 Å². The Morgan fingerprint density at radius 3 is 2.43 bits per heavy atom. The number of nitrogens with zero attached hydrogens (tertiary/aromatic N) is 1. The van der Waals surface area contributed by atoms with Crippen LogP contribution in [-0.2, 0) is 6.61 Å². The van der Waals surface area contributed by atoms with Crippen LogP contribution in [0.2, 0.25) is 0 Å². The average molecular weight is 539 g/mol. The standard InChI is InChI=1S/C27H27BrN2O5/c1-4-14-34-24-13-9-21(16-26(24)33-5-2)27(31)30-29-17-20-8-12-23(25(15-20)32-3)35-18-19-6-10-22(28)11-7-19/h4,6-13,15-17H,1,5,14,18H2,2-3H3,(H,30,31)/b29-17+. The molecule has 0 unspecified atom stereocenters. The number of halogens is 1. The van der Waals surface area contributed by atoms with Crippen molar-refractivity contribution in [2.75, 3.05) is 20.3 Å². The van der Waals surface area contributed by atoms with E-state index in [1.54, 1.807) is 43.5 Å². The molecule has 0 atom stereocenters. The van der Waals surface area contributed by atoms with Crippen molar-refractivity contribution >= 4 is 28.1 Å². The van der Waals surface area contributed by atoms with E-state index in [1.807, 2.05) is 37.3 Å². The van der Waals surface area contributed by atoms with Crippen molar-refractivity contribution in [3.8, 4) is 23.0 Å². The van der Waals surface area contributed by atoms with Crippen molar-refractivity contribution in [3.63, 3.8) is 0 Å². The van der Waals surface area contributed by atoms with Crippen molar-refractivity contribution in [3.05, 3.63) is 94.5 Å². The summed E-state index contributed by atoms with van der Waals surface area (Å²) in [5.74, 6) is 1.82. The van der Waals surface area contributed by atoms with Crippen molar-refractivity contribution in [1.29, 1.82) is 0 Å². The number of ether oxygens (including phenoxy) is 4. The van der Waals surface area contributed by atoms with E-state index in [0.717, 1.165) is 15.6 Å². The Kier molecular flexibility index (Phi) is 9.74. The Morgan fingerprint density at radius 1 is 0.971 bits per heavy atom. The third kappa shape index (κ3) is 7.61. The molecule has 35 heavy (non-hydrogen) atoms. The summed E-state index contributed by atoms with van der Waals surface area (Å²) in [6, 6.07) is 18.3. The summed E-state index contributed by atoms with van der Waals surface area (Å²) in [6.07, 6.45) is 3.17. The number of rotatable bonds is 12. The van der Waals surface area contributed by atoms with Gasteiger partial charge >= 0.3 is 0 Å². The van der Waals surface area contributed by atoms with Crippen LogP contribution in [0.25, 0.3) is 0 Å². The van der Waals surface area contributed by atoms with Gasteiger partial charge < -0.3 is 18.9 Å². The van der Waals surface area contributed by atoms with Crippen LogP contribution >= 0.6 is 15.9 Å². The molecule has 182 valence electrons. The molecule has 8 heteroatoms. The fourth-order valence-corrected chi connectivity index (χ4v) is 3.31. The molecule has 0 aliphatic heterocycles. The quantitative estimate of drug-likeness (QED) is 0.180. The van der Waals surface area contributed by atoms with E-state index >= 15 is 0 Å². The van der Waals surface area contributed by atoms with Gasteiger partial charge in [0.15, 0.2) is 23.0 Å². The van der Waals surface area contributed by atoms with Crippen LogP contribution in [0.15, 0.2) is 82.9 Å². The first kappa shape index (κ1) is 25.8. The average Bonchev–Trinajstić information content (AvgIpc) is 2.88. The number of hydrogen-bond acceptors (Lipinski definition) is 6. The van der Waals surface area contributed by atoms with Gasteiger partial charge in [-0.3, -0.25) is 4.79 Å². The Bertz CT molecular complexity index is 1180. The molecular weight excluding hydrogens is 512 g/mol. The van der Waals surface area contributed by atoms with Gasteiger partial charge in [-0.2, -0.15) is 5.10 Å². The van der Waals surface area contributed by atoms with Gasteiger partial charge in [-0.25, -0.2) is 5.43 Å². The second kappa shape index (κ2) is 13.2. The Morgan fingerprint density at radius 2 is 1.71 bits per heavy atom. The molecular formula is C27H27BrN2O5. The fraction of sp³-hybridized carbons (Fsp3) is 0.185. The first-order valence-electron chi connectivity index (χ1n) is 10.9. The maximum absolute atomic E-state index is 12.5. The van der Waals surface area contributed by atoms with E-state index in [0.29, 0.717) is 48.4 Å². The van der Waals surface area contributed by atoms with Crippen molar-refractivity contribution in [2.45, 2.75) is 13.5 Å². The maximum Gasteiger partial charge on any atom is 0.271 e. The van der Waals surface area contributed by atoms with Gasteiger partial charge in [-0.1, -0.05) is 40.7 Å². The predicted molar refractivity (Wildman–Crippen MR) is 140 cm³/mol. The van der Waals surface area contributed by atoms with Gasteiger partial charge in [0.25, 0.3) is 5.91 Å². The summed E-state index contributed by atoms with van der Waals surface area (Å²) in [5.41, 5.74) is 4.69. The molecule has 3 aromatic carbocycles. The van der Waals surface area contributed by atoms with Gasteiger partial charge in [0.1, 0.15) is 13.2 Å². The van der Waals surface area contributed by atoms with Gasteiger partial charge in [-0.15, -0.1) is 0 Å². The number of hydrogen-bond donors (Lipinski definition) is 1. The minimum Gasteiger partial charge on any atom is -0.493 e. The van der Waals surface area contributed by atoms with Crippen LogP contribution in [0.4, 0.5) is 0 Å². The molecule has 0 spiro atoms. The van der Waals surface area contributed by atoms with E-state index < -0.39 is 0 Å². The number of carbonyl (C=O) groups excluding carboxylic acids is 1. The first-order valence-corrected chi connectivity index (χ1v) is 11.7. The minimum absolute atomic E-state index is 0.341. The molecule has 0 fully saturated rings. The molecule has 3 aromatic rings. The molecule has 3 rings (SSSR count). The molecule has 0 radical (unpaired) electrons. The number of nitrogens with one attached hydrogen (secondary N) is 1. The number of methoxy groups -OCH3 is 1. The lowest BCUT2D eigenvalue weighted by Crippen LogP contribution is -2.17. The Labute approximate surface area is 213 Å². The maximum atomic E-state index is 12.5. The van der Waals surface area contributed by atoms with E-state index in [-0.39, 0.29) is 5.91 Å². The van der Waals surface area contributed by atoms with Crippen LogP contribution in [-0.4, -0.2) is 32.4 Å². The van der Waals surface area contributed by atoms with Gasteiger partial charge in [0.2, 0.25) is 0 Å². The highest BCUT2D eigenvalue weighted by Gasteiger charge is 2.11. The largest absolute Gasteiger partial charge is 0.493 e. The summed E-state index contributed by atoms with van der Waals surface area (Å²) in [6.45, 7) is 6.69. The lowest BCUT2D eigenvalue weighted by molar-refractivity contribution is 0.0954. The molecule has 0 saturated carbocycles.